The molecule has 2 fully saturated rings. The zero-order chi connectivity index (χ0) is 8.23. The Hall–Kier alpha value is 0.726. The maximum absolute atomic E-state index is 1.56. The molecule has 0 aromatic rings. The van der Waals surface area contributed by atoms with Crippen molar-refractivity contribution in [3.63, 3.8) is 0 Å². The topological polar surface area (TPSA) is 28.5 Å². The Morgan fingerprint density at radius 3 is 1.07 bits per heavy atom. The van der Waals surface area contributed by atoms with Gasteiger partial charge in [0.2, 0.25) is 0 Å². The van der Waals surface area contributed by atoms with Crippen molar-refractivity contribution in [3.05, 3.63) is 0 Å². The van der Waals surface area contributed by atoms with Gasteiger partial charge in [-0.2, -0.15) is 0 Å². The summed E-state index contributed by atoms with van der Waals surface area (Å²) in [5, 5.41) is 0. The van der Waals surface area contributed by atoms with E-state index < -0.39 is 0 Å². The SMILES string of the molecule is C1CCC(C2CCCCC2)CC1.[Mg+2].[O-2]. The molecule has 0 aliphatic heterocycles. The molecule has 0 unspecified atom stereocenters. The average Bonchev–Trinajstić information content (AvgIpc) is 2.21. The van der Waals surface area contributed by atoms with Crippen LogP contribution in [-0.2, 0) is 5.48 Å². The first-order chi connectivity index (χ1) is 5.97. The van der Waals surface area contributed by atoms with E-state index in [1.54, 1.807) is 25.7 Å². The summed E-state index contributed by atoms with van der Waals surface area (Å²) in [7, 11) is 0. The summed E-state index contributed by atoms with van der Waals surface area (Å²) in [6, 6.07) is 0. The summed E-state index contributed by atoms with van der Waals surface area (Å²) in [4.78, 5) is 0. The first kappa shape index (κ1) is 14.7. The molecule has 0 atom stereocenters. The second-order valence-electron chi connectivity index (χ2n) is 4.80. The summed E-state index contributed by atoms with van der Waals surface area (Å²) >= 11 is 0. The molecular formula is C12H22MgO. The first-order valence-corrected chi connectivity index (χ1v) is 5.97. The monoisotopic (exact) mass is 206 g/mol. The molecule has 2 aliphatic rings. The fourth-order valence-corrected chi connectivity index (χ4v) is 3.21. The maximum Gasteiger partial charge on any atom is 2.00 e. The quantitative estimate of drug-likeness (QED) is 0.586. The standard InChI is InChI=1S/C12H22.Mg.O/c1-3-7-11(8-4-1)12-9-5-2-6-10-12;;/h11-12H,1-10H2;;/q;+2;-2. The van der Waals surface area contributed by atoms with Crippen molar-refractivity contribution in [2.75, 3.05) is 0 Å². The predicted molar refractivity (Wildman–Crippen MR) is 59.6 cm³/mol. The Balaban J connectivity index is 0.000000845. The molecule has 2 rings (SSSR count). The van der Waals surface area contributed by atoms with E-state index in [-0.39, 0.29) is 28.5 Å². The van der Waals surface area contributed by atoms with Gasteiger partial charge in [-0.05, 0) is 11.8 Å². The van der Waals surface area contributed by atoms with E-state index in [1.807, 2.05) is 0 Å². The fourth-order valence-electron chi connectivity index (χ4n) is 3.21. The van der Waals surface area contributed by atoms with Gasteiger partial charge in [0.15, 0.2) is 0 Å². The van der Waals surface area contributed by atoms with Gasteiger partial charge in [0.05, 0.1) is 0 Å². The predicted octanol–water partition coefficient (Wildman–Crippen LogP) is 3.65. The Labute approximate surface area is 104 Å². The second kappa shape index (κ2) is 7.95. The van der Waals surface area contributed by atoms with Crippen LogP contribution in [0.4, 0.5) is 0 Å². The third-order valence-electron chi connectivity index (χ3n) is 3.97. The van der Waals surface area contributed by atoms with Crippen LogP contribution in [0.2, 0.25) is 0 Å². The number of hydrogen-bond donors (Lipinski definition) is 0. The van der Waals surface area contributed by atoms with E-state index in [0.29, 0.717) is 0 Å². The molecule has 0 heterocycles. The van der Waals surface area contributed by atoms with Crippen LogP contribution < -0.4 is 0 Å². The third kappa shape index (κ3) is 4.07. The minimum atomic E-state index is 0. The second-order valence-corrected chi connectivity index (χ2v) is 4.80. The van der Waals surface area contributed by atoms with Gasteiger partial charge in [0.1, 0.15) is 0 Å². The van der Waals surface area contributed by atoms with Crippen LogP contribution in [0.15, 0.2) is 0 Å². The van der Waals surface area contributed by atoms with Gasteiger partial charge in [-0.25, -0.2) is 0 Å². The molecule has 2 aliphatic carbocycles. The van der Waals surface area contributed by atoms with Gasteiger partial charge in [-0.3, -0.25) is 0 Å². The number of rotatable bonds is 1. The zero-order valence-corrected chi connectivity index (χ0v) is 10.8. The summed E-state index contributed by atoms with van der Waals surface area (Å²) in [5.74, 6) is 2.28. The van der Waals surface area contributed by atoms with Crippen LogP contribution in [0.1, 0.15) is 64.2 Å². The molecule has 0 aromatic heterocycles. The molecule has 0 saturated heterocycles. The Kier molecular flexibility index (Phi) is 8.36. The van der Waals surface area contributed by atoms with Crippen molar-refractivity contribution >= 4 is 23.1 Å². The number of hydrogen-bond acceptors (Lipinski definition) is 0. The van der Waals surface area contributed by atoms with Crippen molar-refractivity contribution in [3.8, 4) is 0 Å². The molecule has 0 aromatic carbocycles. The third-order valence-corrected chi connectivity index (χ3v) is 3.97. The summed E-state index contributed by atoms with van der Waals surface area (Å²) < 4.78 is 0. The average molecular weight is 207 g/mol. The molecule has 1 nitrogen and oxygen atoms in total. The zero-order valence-electron chi connectivity index (χ0n) is 9.34. The van der Waals surface area contributed by atoms with Crippen LogP contribution in [0.5, 0.6) is 0 Å². The van der Waals surface area contributed by atoms with E-state index in [2.05, 4.69) is 0 Å². The summed E-state index contributed by atoms with van der Waals surface area (Å²) in [6.45, 7) is 0. The molecule has 0 radical (unpaired) electrons. The van der Waals surface area contributed by atoms with E-state index in [4.69, 9.17) is 0 Å². The smallest absolute Gasteiger partial charge is 2.00 e. The molecule has 0 amide bonds. The van der Waals surface area contributed by atoms with Crippen molar-refractivity contribution in [1.29, 1.82) is 0 Å². The molecule has 0 bridgehead atoms. The van der Waals surface area contributed by atoms with Crippen LogP contribution in [0, 0.1) is 11.8 Å². The van der Waals surface area contributed by atoms with Crippen molar-refractivity contribution in [2.45, 2.75) is 64.2 Å². The Bertz CT molecular complexity index is 110. The fraction of sp³-hybridized carbons (Fsp3) is 1.00. The molecule has 0 spiro atoms. The van der Waals surface area contributed by atoms with Gasteiger partial charge in [0.25, 0.3) is 0 Å². The summed E-state index contributed by atoms with van der Waals surface area (Å²) in [5.41, 5.74) is 0. The van der Waals surface area contributed by atoms with Gasteiger partial charge in [-0.1, -0.05) is 64.2 Å². The van der Waals surface area contributed by atoms with Gasteiger partial charge in [0, 0.05) is 0 Å². The van der Waals surface area contributed by atoms with Crippen LogP contribution >= 0.6 is 0 Å². The minimum Gasteiger partial charge on any atom is -2.00 e. The maximum atomic E-state index is 1.56. The van der Waals surface area contributed by atoms with Crippen LogP contribution in [0.3, 0.4) is 0 Å². The van der Waals surface area contributed by atoms with E-state index >= 15 is 0 Å². The van der Waals surface area contributed by atoms with E-state index in [0.717, 1.165) is 11.8 Å². The van der Waals surface area contributed by atoms with Crippen molar-refractivity contribution < 1.29 is 5.48 Å². The first-order valence-electron chi connectivity index (χ1n) is 5.97. The van der Waals surface area contributed by atoms with E-state index in [9.17, 15) is 0 Å². The molecule has 0 N–H and O–H groups in total. The van der Waals surface area contributed by atoms with Crippen LogP contribution in [-0.4, -0.2) is 23.1 Å². The van der Waals surface area contributed by atoms with Gasteiger partial charge in [-0.15, -0.1) is 0 Å². The molecule has 2 saturated carbocycles. The largest absolute Gasteiger partial charge is 2.00 e. The van der Waals surface area contributed by atoms with Gasteiger partial charge >= 0.3 is 23.1 Å². The Morgan fingerprint density at radius 2 is 0.786 bits per heavy atom. The summed E-state index contributed by atoms with van der Waals surface area (Å²) in [6.07, 6.45) is 15.4. The van der Waals surface area contributed by atoms with Crippen molar-refractivity contribution in [1.82, 2.24) is 0 Å². The van der Waals surface area contributed by atoms with Crippen LogP contribution in [0.25, 0.3) is 0 Å². The normalized spacial score (nSPS) is 24.9. The molecular weight excluding hydrogens is 184 g/mol. The van der Waals surface area contributed by atoms with E-state index in [1.165, 1.54) is 38.5 Å². The minimum absolute atomic E-state index is 0. The molecule has 14 heavy (non-hydrogen) atoms. The Morgan fingerprint density at radius 1 is 0.500 bits per heavy atom. The molecule has 78 valence electrons. The van der Waals surface area contributed by atoms with Crippen molar-refractivity contribution in [2.24, 2.45) is 11.8 Å². The van der Waals surface area contributed by atoms with Gasteiger partial charge < -0.3 is 5.48 Å². The molecule has 2 heteroatoms.